The molecule has 5 heteroatoms. The third-order valence-electron chi connectivity index (χ3n) is 1.58. The average molecular weight is 220 g/mol. The van der Waals surface area contributed by atoms with Crippen molar-refractivity contribution in [1.82, 2.24) is 10.2 Å². The van der Waals surface area contributed by atoms with Gasteiger partial charge in [-0.25, -0.2) is 0 Å². The fourth-order valence-electron chi connectivity index (χ4n) is 0.947. The molecule has 1 rings (SSSR count). The predicted molar refractivity (Wildman–Crippen MR) is 57.7 cm³/mol. The molecule has 1 heterocycles. The highest BCUT2D eigenvalue weighted by atomic mass is 35.5. The van der Waals surface area contributed by atoms with Gasteiger partial charge in [0, 0.05) is 11.9 Å². The average Bonchev–Trinajstić information content (AvgIpc) is 2.45. The summed E-state index contributed by atoms with van der Waals surface area (Å²) in [6.07, 6.45) is 2.11. The Balaban J connectivity index is 2.13. The van der Waals surface area contributed by atoms with Gasteiger partial charge in [-0.15, -0.1) is 21.8 Å². The molecule has 0 saturated carbocycles. The molecule has 0 saturated heterocycles. The second-order valence-electron chi connectivity index (χ2n) is 2.98. The Labute approximate surface area is 87.5 Å². The van der Waals surface area contributed by atoms with E-state index in [1.54, 1.807) is 11.3 Å². The minimum atomic E-state index is 0.262. The third kappa shape index (κ3) is 4.43. The lowest BCUT2D eigenvalue weighted by Gasteiger charge is -2.02. The summed E-state index contributed by atoms with van der Waals surface area (Å²) >= 11 is 7.39. The number of aryl methyl sites for hydroxylation is 1. The molecule has 1 unspecified atom stereocenters. The zero-order valence-corrected chi connectivity index (χ0v) is 9.45. The fraction of sp³-hybridized carbons (Fsp3) is 0.750. The van der Waals surface area contributed by atoms with Crippen LogP contribution in [0.25, 0.3) is 0 Å². The molecule has 1 atom stereocenters. The Morgan fingerprint density at radius 1 is 1.54 bits per heavy atom. The first-order valence-electron chi connectivity index (χ1n) is 4.36. The summed E-state index contributed by atoms with van der Waals surface area (Å²) in [5.41, 5.74) is 0. The quantitative estimate of drug-likeness (QED) is 0.611. The minimum Gasteiger partial charge on any atom is -0.360 e. The first kappa shape index (κ1) is 10.7. The standard InChI is InChI=1S/C8H14ClN3S/c1-6(9)4-3-5-10-8-12-11-7(2)13-8/h6H,3-5H2,1-2H3,(H,10,12). The molecule has 3 nitrogen and oxygen atoms in total. The Hall–Kier alpha value is -0.350. The number of rotatable bonds is 5. The molecule has 0 aromatic carbocycles. The molecule has 1 aromatic heterocycles. The van der Waals surface area contributed by atoms with E-state index in [0.29, 0.717) is 0 Å². The molecule has 0 radical (unpaired) electrons. The van der Waals surface area contributed by atoms with Gasteiger partial charge in [0.2, 0.25) is 5.13 Å². The molecular weight excluding hydrogens is 206 g/mol. The molecule has 0 fully saturated rings. The number of hydrogen-bond donors (Lipinski definition) is 1. The highest BCUT2D eigenvalue weighted by Gasteiger charge is 1.99. The van der Waals surface area contributed by atoms with Crippen LogP contribution in [0.1, 0.15) is 24.8 Å². The van der Waals surface area contributed by atoms with Gasteiger partial charge in [0.05, 0.1) is 0 Å². The minimum absolute atomic E-state index is 0.262. The lowest BCUT2D eigenvalue weighted by Crippen LogP contribution is -2.03. The van der Waals surface area contributed by atoms with E-state index in [9.17, 15) is 0 Å². The van der Waals surface area contributed by atoms with Crippen LogP contribution in [0.2, 0.25) is 0 Å². The van der Waals surface area contributed by atoms with Crippen LogP contribution in [0.4, 0.5) is 5.13 Å². The van der Waals surface area contributed by atoms with Crippen molar-refractivity contribution in [2.24, 2.45) is 0 Å². The van der Waals surface area contributed by atoms with E-state index in [4.69, 9.17) is 11.6 Å². The van der Waals surface area contributed by atoms with Crippen molar-refractivity contribution in [3.8, 4) is 0 Å². The Kier molecular flexibility index (Phi) is 4.45. The Morgan fingerprint density at radius 2 is 2.31 bits per heavy atom. The van der Waals surface area contributed by atoms with E-state index in [2.05, 4.69) is 15.5 Å². The maximum absolute atomic E-state index is 5.81. The predicted octanol–water partition coefficient (Wildman–Crippen LogP) is 2.67. The number of alkyl halides is 1. The fourth-order valence-corrected chi connectivity index (χ4v) is 1.72. The van der Waals surface area contributed by atoms with Crippen molar-refractivity contribution in [2.75, 3.05) is 11.9 Å². The van der Waals surface area contributed by atoms with Gasteiger partial charge >= 0.3 is 0 Å². The number of anilines is 1. The smallest absolute Gasteiger partial charge is 0.205 e. The second-order valence-corrected chi connectivity index (χ2v) is 4.90. The molecule has 0 bridgehead atoms. The summed E-state index contributed by atoms with van der Waals surface area (Å²) in [6.45, 7) is 4.88. The largest absolute Gasteiger partial charge is 0.360 e. The zero-order valence-electron chi connectivity index (χ0n) is 7.88. The lowest BCUT2D eigenvalue weighted by atomic mass is 10.2. The molecule has 13 heavy (non-hydrogen) atoms. The van der Waals surface area contributed by atoms with Crippen LogP contribution in [0.3, 0.4) is 0 Å². The van der Waals surface area contributed by atoms with Crippen LogP contribution in [-0.2, 0) is 0 Å². The summed E-state index contributed by atoms with van der Waals surface area (Å²) < 4.78 is 0. The molecule has 0 amide bonds. The molecular formula is C8H14ClN3S. The van der Waals surface area contributed by atoms with Gasteiger partial charge in [-0.2, -0.15) is 0 Å². The summed E-state index contributed by atoms with van der Waals surface area (Å²) in [5, 5.41) is 13.2. The number of nitrogens with one attached hydrogen (secondary N) is 1. The molecule has 0 spiro atoms. The van der Waals surface area contributed by atoms with E-state index in [1.165, 1.54) is 0 Å². The monoisotopic (exact) mass is 219 g/mol. The SMILES string of the molecule is Cc1nnc(NCCCC(C)Cl)s1. The van der Waals surface area contributed by atoms with E-state index in [1.807, 2.05) is 13.8 Å². The molecule has 0 aliphatic carbocycles. The molecule has 0 aliphatic heterocycles. The van der Waals surface area contributed by atoms with Crippen LogP contribution in [0.15, 0.2) is 0 Å². The molecule has 1 aromatic rings. The Bertz CT molecular complexity index is 249. The number of halogens is 1. The van der Waals surface area contributed by atoms with Gasteiger partial charge in [-0.3, -0.25) is 0 Å². The summed E-state index contributed by atoms with van der Waals surface area (Å²) in [5.74, 6) is 0. The molecule has 1 N–H and O–H groups in total. The highest BCUT2D eigenvalue weighted by Crippen LogP contribution is 2.13. The second kappa shape index (κ2) is 5.40. The van der Waals surface area contributed by atoms with Crippen molar-refractivity contribution < 1.29 is 0 Å². The normalized spacial score (nSPS) is 12.8. The van der Waals surface area contributed by atoms with Gasteiger partial charge in [0.25, 0.3) is 0 Å². The van der Waals surface area contributed by atoms with E-state index in [0.717, 1.165) is 29.5 Å². The van der Waals surface area contributed by atoms with Gasteiger partial charge in [0.1, 0.15) is 5.01 Å². The topological polar surface area (TPSA) is 37.8 Å². The van der Waals surface area contributed by atoms with E-state index < -0.39 is 0 Å². The Morgan fingerprint density at radius 3 is 2.85 bits per heavy atom. The van der Waals surface area contributed by atoms with Crippen molar-refractivity contribution in [1.29, 1.82) is 0 Å². The van der Waals surface area contributed by atoms with E-state index in [-0.39, 0.29) is 5.38 Å². The summed E-state index contributed by atoms with van der Waals surface area (Å²) in [6, 6.07) is 0. The first-order chi connectivity index (χ1) is 6.18. The van der Waals surface area contributed by atoms with Crippen LogP contribution >= 0.6 is 22.9 Å². The highest BCUT2D eigenvalue weighted by molar-refractivity contribution is 7.15. The summed E-state index contributed by atoms with van der Waals surface area (Å²) in [4.78, 5) is 0. The number of nitrogens with zero attached hydrogens (tertiary/aromatic N) is 2. The maximum Gasteiger partial charge on any atom is 0.205 e. The summed E-state index contributed by atoms with van der Waals surface area (Å²) in [7, 11) is 0. The molecule has 0 aliphatic rings. The van der Waals surface area contributed by atoms with Crippen molar-refractivity contribution >= 4 is 28.1 Å². The van der Waals surface area contributed by atoms with Gasteiger partial charge in [-0.05, 0) is 26.7 Å². The van der Waals surface area contributed by atoms with Crippen LogP contribution < -0.4 is 5.32 Å². The van der Waals surface area contributed by atoms with Crippen molar-refractivity contribution in [3.63, 3.8) is 0 Å². The first-order valence-corrected chi connectivity index (χ1v) is 5.62. The van der Waals surface area contributed by atoms with Gasteiger partial charge in [-0.1, -0.05) is 11.3 Å². The van der Waals surface area contributed by atoms with Gasteiger partial charge in [0.15, 0.2) is 0 Å². The van der Waals surface area contributed by atoms with Crippen LogP contribution in [-0.4, -0.2) is 22.1 Å². The van der Waals surface area contributed by atoms with E-state index >= 15 is 0 Å². The number of hydrogen-bond acceptors (Lipinski definition) is 4. The van der Waals surface area contributed by atoms with Crippen LogP contribution in [0, 0.1) is 6.92 Å². The van der Waals surface area contributed by atoms with Gasteiger partial charge < -0.3 is 5.32 Å². The number of aromatic nitrogens is 2. The van der Waals surface area contributed by atoms with Crippen LogP contribution in [0.5, 0.6) is 0 Å². The van der Waals surface area contributed by atoms with Crippen molar-refractivity contribution in [3.05, 3.63) is 5.01 Å². The maximum atomic E-state index is 5.81. The zero-order chi connectivity index (χ0) is 9.68. The molecule has 74 valence electrons. The lowest BCUT2D eigenvalue weighted by molar-refractivity contribution is 0.749. The van der Waals surface area contributed by atoms with Crippen molar-refractivity contribution in [2.45, 2.75) is 32.1 Å². The third-order valence-corrected chi connectivity index (χ3v) is 2.60.